The molecule has 0 radical (unpaired) electrons. The lowest BCUT2D eigenvalue weighted by atomic mass is 10.1. The van der Waals surface area contributed by atoms with E-state index in [9.17, 15) is 4.79 Å². The molecule has 1 amide bonds. The van der Waals surface area contributed by atoms with Crippen molar-refractivity contribution in [3.63, 3.8) is 0 Å². The van der Waals surface area contributed by atoms with Crippen LogP contribution in [0.2, 0.25) is 0 Å². The van der Waals surface area contributed by atoms with Crippen LogP contribution in [0.3, 0.4) is 0 Å². The van der Waals surface area contributed by atoms with E-state index < -0.39 is 0 Å². The first kappa shape index (κ1) is 21.9. The van der Waals surface area contributed by atoms with Gasteiger partial charge < -0.3 is 19.9 Å². The third-order valence-electron chi connectivity index (χ3n) is 5.09. The van der Waals surface area contributed by atoms with Crippen molar-refractivity contribution in [1.82, 2.24) is 15.1 Å². The molecular formula is C20H31IN4O2. The first-order valence-electron chi connectivity index (χ1n) is 9.67. The maximum atomic E-state index is 12.5. The number of carbonyl (C=O) groups excluding carboxylic acids is 1. The summed E-state index contributed by atoms with van der Waals surface area (Å²) in [6.45, 7) is 9.49. The zero-order chi connectivity index (χ0) is 18.4. The summed E-state index contributed by atoms with van der Waals surface area (Å²) in [7, 11) is 0. The molecule has 2 heterocycles. The lowest BCUT2D eigenvalue weighted by Crippen LogP contribution is -2.55. The van der Waals surface area contributed by atoms with Gasteiger partial charge >= 0.3 is 0 Å². The van der Waals surface area contributed by atoms with Gasteiger partial charge in [-0.3, -0.25) is 4.79 Å². The van der Waals surface area contributed by atoms with Crippen LogP contribution in [0.1, 0.15) is 30.9 Å². The second kappa shape index (κ2) is 10.8. The van der Waals surface area contributed by atoms with E-state index >= 15 is 0 Å². The predicted molar refractivity (Wildman–Crippen MR) is 119 cm³/mol. The summed E-state index contributed by atoms with van der Waals surface area (Å²) in [4.78, 5) is 21.5. The summed E-state index contributed by atoms with van der Waals surface area (Å²) in [5.74, 6) is 1.09. The Morgan fingerprint density at radius 1 is 1.22 bits per heavy atom. The van der Waals surface area contributed by atoms with Crippen molar-refractivity contribution in [1.29, 1.82) is 0 Å². The van der Waals surface area contributed by atoms with Gasteiger partial charge in [0.2, 0.25) is 0 Å². The number of aliphatic imine (C=N–C) groups is 1. The van der Waals surface area contributed by atoms with Gasteiger partial charge in [-0.15, -0.1) is 24.0 Å². The lowest BCUT2D eigenvalue weighted by molar-refractivity contribution is -0.142. The normalized spacial score (nSPS) is 20.4. The number of amides is 1. The maximum Gasteiger partial charge on any atom is 0.251 e. The van der Waals surface area contributed by atoms with Crippen molar-refractivity contribution in [3.8, 4) is 0 Å². The van der Waals surface area contributed by atoms with Crippen LogP contribution in [-0.4, -0.2) is 67.1 Å². The highest BCUT2D eigenvalue weighted by atomic mass is 127. The third-order valence-corrected chi connectivity index (χ3v) is 5.09. The minimum absolute atomic E-state index is 0. The van der Waals surface area contributed by atoms with Crippen LogP contribution in [0.4, 0.5) is 0 Å². The number of aryl methyl sites for hydroxylation is 1. The number of ether oxygens (including phenoxy) is 1. The van der Waals surface area contributed by atoms with E-state index in [2.05, 4.69) is 48.3 Å². The molecule has 0 spiro atoms. The zero-order valence-electron chi connectivity index (χ0n) is 16.3. The van der Waals surface area contributed by atoms with E-state index in [4.69, 9.17) is 9.73 Å². The Hall–Kier alpha value is -1.35. The van der Waals surface area contributed by atoms with Crippen molar-refractivity contribution >= 4 is 35.8 Å². The van der Waals surface area contributed by atoms with E-state index in [1.54, 1.807) is 0 Å². The van der Waals surface area contributed by atoms with Crippen molar-refractivity contribution in [3.05, 3.63) is 35.4 Å². The minimum atomic E-state index is -0.218. The number of guanidine groups is 1. The molecule has 2 fully saturated rings. The van der Waals surface area contributed by atoms with Crippen LogP contribution in [0, 0.1) is 6.92 Å². The second-order valence-electron chi connectivity index (χ2n) is 6.91. The van der Waals surface area contributed by atoms with Gasteiger partial charge in [-0.05, 0) is 37.8 Å². The average molecular weight is 486 g/mol. The van der Waals surface area contributed by atoms with Crippen molar-refractivity contribution in [2.45, 2.75) is 39.3 Å². The predicted octanol–water partition coefficient (Wildman–Crippen LogP) is 2.40. The van der Waals surface area contributed by atoms with Crippen LogP contribution in [0.15, 0.2) is 29.3 Å². The third kappa shape index (κ3) is 5.81. The number of benzene rings is 1. The fourth-order valence-corrected chi connectivity index (χ4v) is 3.49. The number of hydrogen-bond donors (Lipinski definition) is 1. The molecule has 1 aromatic rings. The zero-order valence-corrected chi connectivity index (χ0v) is 18.6. The summed E-state index contributed by atoms with van der Waals surface area (Å²) in [6.07, 6.45) is 1.64. The summed E-state index contributed by atoms with van der Waals surface area (Å²) in [5, 5.41) is 3.39. The molecule has 2 aliphatic rings. The molecule has 7 heteroatoms. The standard InChI is InChI=1S/C20H30N4O2.HI/c1-3-21-20(22-15-17-8-5-4-7-16(17)2)24-12-10-23(11-13-24)19(25)18-9-6-14-26-18;/h4-5,7-8,18H,3,6,9-15H2,1-2H3,(H,21,22);1H. The Morgan fingerprint density at radius 2 is 1.93 bits per heavy atom. The van der Waals surface area contributed by atoms with Crippen LogP contribution in [-0.2, 0) is 16.1 Å². The van der Waals surface area contributed by atoms with Gasteiger partial charge in [-0.1, -0.05) is 24.3 Å². The van der Waals surface area contributed by atoms with Gasteiger partial charge in [0.15, 0.2) is 5.96 Å². The Morgan fingerprint density at radius 3 is 2.56 bits per heavy atom. The van der Waals surface area contributed by atoms with E-state index in [0.29, 0.717) is 13.2 Å². The summed E-state index contributed by atoms with van der Waals surface area (Å²) < 4.78 is 5.54. The Balaban J connectivity index is 0.00000261. The molecule has 0 aliphatic carbocycles. The first-order valence-corrected chi connectivity index (χ1v) is 9.67. The molecule has 27 heavy (non-hydrogen) atoms. The molecule has 0 bridgehead atoms. The van der Waals surface area contributed by atoms with Crippen LogP contribution >= 0.6 is 24.0 Å². The summed E-state index contributed by atoms with van der Waals surface area (Å²) in [6, 6.07) is 8.35. The highest BCUT2D eigenvalue weighted by Crippen LogP contribution is 2.16. The number of carbonyl (C=O) groups is 1. The van der Waals surface area contributed by atoms with Crippen LogP contribution in [0.5, 0.6) is 0 Å². The molecule has 1 unspecified atom stereocenters. The molecular weight excluding hydrogens is 455 g/mol. The topological polar surface area (TPSA) is 57.2 Å². The van der Waals surface area contributed by atoms with E-state index in [1.165, 1.54) is 11.1 Å². The number of piperazine rings is 1. The maximum absolute atomic E-state index is 12.5. The summed E-state index contributed by atoms with van der Waals surface area (Å²) in [5.41, 5.74) is 2.51. The molecule has 3 rings (SSSR count). The highest BCUT2D eigenvalue weighted by Gasteiger charge is 2.30. The fraction of sp³-hybridized carbons (Fsp3) is 0.600. The average Bonchev–Trinajstić information content (AvgIpc) is 3.21. The number of nitrogens with zero attached hydrogens (tertiary/aromatic N) is 3. The SMILES string of the molecule is CCNC(=NCc1ccccc1C)N1CCN(C(=O)C2CCCO2)CC1.I. The van der Waals surface area contributed by atoms with Crippen molar-refractivity contribution in [2.75, 3.05) is 39.3 Å². The molecule has 1 aromatic carbocycles. The Labute approximate surface area is 179 Å². The van der Waals surface area contributed by atoms with Gasteiger partial charge in [-0.25, -0.2) is 4.99 Å². The first-order chi connectivity index (χ1) is 12.7. The number of hydrogen-bond acceptors (Lipinski definition) is 3. The minimum Gasteiger partial charge on any atom is -0.368 e. The molecule has 150 valence electrons. The number of halogens is 1. The Kier molecular flexibility index (Phi) is 8.82. The molecule has 6 nitrogen and oxygen atoms in total. The van der Waals surface area contributed by atoms with E-state index in [-0.39, 0.29) is 36.0 Å². The highest BCUT2D eigenvalue weighted by molar-refractivity contribution is 14.0. The second-order valence-corrected chi connectivity index (χ2v) is 6.91. The number of nitrogens with one attached hydrogen (secondary N) is 1. The molecule has 1 N–H and O–H groups in total. The fourth-order valence-electron chi connectivity index (χ4n) is 3.49. The largest absolute Gasteiger partial charge is 0.368 e. The van der Waals surface area contributed by atoms with Gasteiger partial charge in [0.1, 0.15) is 6.10 Å². The van der Waals surface area contributed by atoms with Crippen molar-refractivity contribution < 1.29 is 9.53 Å². The monoisotopic (exact) mass is 486 g/mol. The number of rotatable bonds is 4. The van der Waals surface area contributed by atoms with Gasteiger partial charge in [-0.2, -0.15) is 0 Å². The lowest BCUT2D eigenvalue weighted by Gasteiger charge is -2.37. The molecule has 1 atom stereocenters. The van der Waals surface area contributed by atoms with Gasteiger partial charge in [0, 0.05) is 39.3 Å². The van der Waals surface area contributed by atoms with Gasteiger partial charge in [0.25, 0.3) is 5.91 Å². The summed E-state index contributed by atoms with van der Waals surface area (Å²) >= 11 is 0. The molecule has 0 saturated carbocycles. The van der Waals surface area contributed by atoms with Crippen LogP contribution < -0.4 is 5.32 Å². The van der Waals surface area contributed by atoms with E-state index in [0.717, 1.165) is 51.5 Å². The van der Waals surface area contributed by atoms with E-state index in [1.807, 2.05) is 4.90 Å². The molecule has 0 aromatic heterocycles. The molecule has 2 saturated heterocycles. The molecule has 2 aliphatic heterocycles. The van der Waals surface area contributed by atoms with Crippen molar-refractivity contribution in [2.24, 2.45) is 4.99 Å². The van der Waals surface area contributed by atoms with Crippen LogP contribution in [0.25, 0.3) is 0 Å². The Bertz CT molecular complexity index is 639. The van der Waals surface area contributed by atoms with Gasteiger partial charge in [0.05, 0.1) is 6.54 Å². The quantitative estimate of drug-likeness (QED) is 0.404. The smallest absolute Gasteiger partial charge is 0.251 e.